The maximum absolute atomic E-state index is 12.5. The number of aryl methyl sites for hydroxylation is 1. The van der Waals surface area contributed by atoms with Crippen LogP contribution in [-0.4, -0.2) is 61.8 Å². The van der Waals surface area contributed by atoms with E-state index in [1.165, 1.54) is 12.8 Å². The number of carbonyl (C=O) groups excluding carboxylic acids is 1. The van der Waals surface area contributed by atoms with Gasteiger partial charge >= 0.3 is 0 Å². The Hall–Kier alpha value is -2.40. The Balaban J connectivity index is 2.44. The van der Waals surface area contributed by atoms with Gasteiger partial charge in [0.05, 0.1) is 6.04 Å². The van der Waals surface area contributed by atoms with E-state index in [1.807, 2.05) is 18.2 Å². The van der Waals surface area contributed by atoms with Crippen molar-refractivity contribution in [2.24, 2.45) is 4.99 Å². The van der Waals surface area contributed by atoms with Crippen molar-refractivity contribution in [3.63, 3.8) is 0 Å². The third-order valence-corrected chi connectivity index (χ3v) is 5.84. The number of rotatable bonds is 6. The lowest BCUT2D eigenvalue weighted by molar-refractivity contribution is 0.0827. The van der Waals surface area contributed by atoms with Gasteiger partial charge in [-0.05, 0) is 90.0 Å². The second-order valence-corrected chi connectivity index (χ2v) is 8.86. The molecule has 0 heterocycles. The van der Waals surface area contributed by atoms with Gasteiger partial charge in [0.2, 0.25) is 0 Å². The van der Waals surface area contributed by atoms with Crippen LogP contribution in [0.15, 0.2) is 41.5 Å². The van der Waals surface area contributed by atoms with Crippen molar-refractivity contribution in [2.75, 3.05) is 28.2 Å². The van der Waals surface area contributed by atoms with Gasteiger partial charge in [-0.2, -0.15) is 0 Å². The fourth-order valence-corrected chi connectivity index (χ4v) is 4.07. The van der Waals surface area contributed by atoms with Crippen molar-refractivity contribution < 1.29 is 4.79 Å². The molecule has 0 bridgehead atoms. The molecule has 0 atom stereocenters. The lowest BCUT2D eigenvalue weighted by atomic mass is 9.90. The van der Waals surface area contributed by atoms with E-state index >= 15 is 0 Å². The molecule has 0 spiro atoms. The van der Waals surface area contributed by atoms with E-state index in [4.69, 9.17) is 4.99 Å². The van der Waals surface area contributed by atoms with Gasteiger partial charge in [-0.15, -0.1) is 0 Å². The number of nitrogens with zero attached hydrogens (tertiary/aromatic N) is 3. The summed E-state index contributed by atoms with van der Waals surface area (Å²) < 4.78 is 0. The molecule has 164 valence electrons. The van der Waals surface area contributed by atoms with E-state index in [2.05, 4.69) is 51.7 Å². The van der Waals surface area contributed by atoms with E-state index in [0.717, 1.165) is 41.0 Å². The first-order valence-electron chi connectivity index (χ1n) is 10.8. The molecule has 1 aromatic carbocycles. The normalized spacial score (nSPS) is 19.4. The Morgan fingerprint density at radius 2 is 1.77 bits per heavy atom. The fraction of sp³-hybridized carbons (Fsp3) is 0.520. The Labute approximate surface area is 182 Å². The van der Waals surface area contributed by atoms with Crippen molar-refractivity contribution >= 4 is 17.3 Å². The van der Waals surface area contributed by atoms with E-state index in [1.54, 1.807) is 25.2 Å². The fourth-order valence-electron chi connectivity index (χ4n) is 4.07. The van der Waals surface area contributed by atoms with Crippen LogP contribution in [0, 0.1) is 6.92 Å². The highest BCUT2D eigenvalue weighted by Crippen LogP contribution is 2.28. The molecule has 2 rings (SSSR count). The van der Waals surface area contributed by atoms with E-state index in [9.17, 15) is 4.79 Å². The summed E-state index contributed by atoms with van der Waals surface area (Å²) in [5.74, 6) is 0.845. The van der Waals surface area contributed by atoms with Gasteiger partial charge in [-0.3, -0.25) is 9.79 Å². The number of nitrogens with one attached hydrogen (secondary N) is 1. The average Bonchev–Trinajstić information content (AvgIpc) is 2.69. The van der Waals surface area contributed by atoms with Crippen LogP contribution in [-0.2, 0) is 0 Å². The summed E-state index contributed by atoms with van der Waals surface area (Å²) in [6.07, 6.45) is 6.19. The SMILES string of the molecule is C=CNC(=NC1CCC(N(C)C)CC1)C(=C(C)C)c1cc(C(=O)N(C)C)ccc1C. The van der Waals surface area contributed by atoms with Crippen molar-refractivity contribution in [1.29, 1.82) is 0 Å². The zero-order chi connectivity index (χ0) is 22.4. The predicted octanol–water partition coefficient (Wildman–Crippen LogP) is 4.49. The molecule has 1 fully saturated rings. The molecular formula is C25H38N4O. The molecule has 0 aliphatic heterocycles. The third-order valence-electron chi connectivity index (χ3n) is 5.84. The highest BCUT2D eigenvalue weighted by molar-refractivity contribution is 6.24. The first-order chi connectivity index (χ1) is 14.1. The maximum atomic E-state index is 12.5. The predicted molar refractivity (Wildman–Crippen MR) is 128 cm³/mol. The summed E-state index contributed by atoms with van der Waals surface area (Å²) in [6, 6.07) is 6.84. The molecule has 1 amide bonds. The Kier molecular flexibility index (Phi) is 8.42. The molecule has 1 aliphatic rings. The lowest BCUT2D eigenvalue weighted by Gasteiger charge is -2.31. The van der Waals surface area contributed by atoms with Crippen LogP contribution >= 0.6 is 0 Å². The Morgan fingerprint density at radius 1 is 1.13 bits per heavy atom. The number of hydrogen-bond donors (Lipinski definition) is 1. The first kappa shape index (κ1) is 23.9. The largest absolute Gasteiger partial charge is 0.347 e. The molecular weight excluding hydrogens is 372 g/mol. The van der Waals surface area contributed by atoms with Gasteiger partial charge < -0.3 is 15.1 Å². The number of amidine groups is 1. The van der Waals surface area contributed by atoms with E-state index in [0.29, 0.717) is 17.6 Å². The number of benzene rings is 1. The van der Waals surface area contributed by atoms with Crippen LogP contribution in [0.5, 0.6) is 0 Å². The minimum absolute atomic E-state index is 0.00142. The van der Waals surface area contributed by atoms with Crippen LogP contribution in [0.3, 0.4) is 0 Å². The summed E-state index contributed by atoms with van der Waals surface area (Å²) in [5.41, 5.74) is 5.05. The van der Waals surface area contributed by atoms with Crippen LogP contribution in [0.4, 0.5) is 0 Å². The Bertz CT molecular complexity index is 824. The van der Waals surface area contributed by atoms with Crippen molar-refractivity contribution in [2.45, 2.75) is 58.5 Å². The van der Waals surface area contributed by atoms with Crippen LogP contribution < -0.4 is 5.32 Å². The standard InChI is InChI=1S/C25H38N4O/c1-9-26-24(27-20-12-14-21(15-13-20)28(5)6)23(17(2)3)22-16-19(11-10-18(22)4)25(30)29(7)8/h9-11,16,20-21H,1,12-15H2,2-8H3,(H,26,27). The highest BCUT2D eigenvalue weighted by Gasteiger charge is 2.24. The topological polar surface area (TPSA) is 47.9 Å². The number of allylic oxidation sites excluding steroid dienone is 1. The molecule has 0 unspecified atom stereocenters. The molecule has 1 aliphatic carbocycles. The van der Waals surface area contributed by atoms with E-state index in [-0.39, 0.29) is 5.91 Å². The number of hydrogen-bond acceptors (Lipinski definition) is 3. The molecule has 5 heteroatoms. The average molecular weight is 411 g/mol. The molecule has 0 aromatic heterocycles. The van der Waals surface area contributed by atoms with Crippen LogP contribution in [0.1, 0.15) is 61.0 Å². The van der Waals surface area contributed by atoms with Crippen molar-refractivity contribution in [1.82, 2.24) is 15.1 Å². The van der Waals surface area contributed by atoms with Gasteiger partial charge in [0.15, 0.2) is 0 Å². The number of aliphatic imine (C=N–C) groups is 1. The number of carbonyl (C=O) groups is 1. The highest BCUT2D eigenvalue weighted by atomic mass is 16.2. The maximum Gasteiger partial charge on any atom is 0.253 e. The van der Waals surface area contributed by atoms with Crippen LogP contribution in [0.2, 0.25) is 0 Å². The van der Waals surface area contributed by atoms with Gasteiger partial charge in [-0.25, -0.2) is 0 Å². The smallest absolute Gasteiger partial charge is 0.253 e. The third kappa shape index (κ3) is 5.82. The monoisotopic (exact) mass is 410 g/mol. The Morgan fingerprint density at radius 3 is 2.27 bits per heavy atom. The molecule has 1 N–H and O–H groups in total. The van der Waals surface area contributed by atoms with Gasteiger partial charge in [0.25, 0.3) is 5.91 Å². The minimum atomic E-state index is 0.00142. The molecule has 30 heavy (non-hydrogen) atoms. The van der Waals surface area contributed by atoms with Gasteiger partial charge in [0, 0.05) is 31.3 Å². The van der Waals surface area contributed by atoms with E-state index < -0.39 is 0 Å². The summed E-state index contributed by atoms with van der Waals surface area (Å²) in [7, 11) is 7.87. The summed E-state index contributed by atoms with van der Waals surface area (Å²) in [6.45, 7) is 10.1. The second kappa shape index (κ2) is 10.6. The van der Waals surface area contributed by atoms with Crippen molar-refractivity contribution in [3.05, 3.63) is 53.2 Å². The molecule has 1 aromatic rings. The summed E-state index contributed by atoms with van der Waals surface area (Å²) >= 11 is 0. The molecule has 1 saturated carbocycles. The summed E-state index contributed by atoms with van der Waals surface area (Å²) in [5, 5.41) is 3.29. The van der Waals surface area contributed by atoms with Gasteiger partial charge in [-0.1, -0.05) is 18.2 Å². The number of amides is 1. The van der Waals surface area contributed by atoms with Crippen LogP contribution in [0.25, 0.3) is 5.57 Å². The zero-order valence-electron chi connectivity index (χ0n) is 19.7. The zero-order valence-corrected chi connectivity index (χ0v) is 19.7. The molecule has 0 radical (unpaired) electrons. The quantitative estimate of drug-likeness (QED) is 0.555. The second-order valence-electron chi connectivity index (χ2n) is 8.86. The summed E-state index contributed by atoms with van der Waals surface area (Å²) in [4.78, 5) is 21.6. The molecule has 0 saturated heterocycles. The lowest BCUT2D eigenvalue weighted by Crippen LogP contribution is -2.34. The van der Waals surface area contributed by atoms with Gasteiger partial charge in [0.1, 0.15) is 5.84 Å². The minimum Gasteiger partial charge on any atom is -0.347 e. The van der Waals surface area contributed by atoms with Crippen molar-refractivity contribution in [3.8, 4) is 0 Å². The molecule has 5 nitrogen and oxygen atoms in total. The first-order valence-corrected chi connectivity index (χ1v) is 10.8.